The highest BCUT2D eigenvalue weighted by molar-refractivity contribution is 9.10. The molecule has 0 amide bonds. The van der Waals surface area contributed by atoms with Crippen LogP contribution in [0.2, 0.25) is 5.02 Å². The monoisotopic (exact) mass is 345 g/mol. The van der Waals surface area contributed by atoms with E-state index in [-0.39, 0.29) is 0 Å². The number of benzene rings is 1. The Balaban J connectivity index is 2.60. The number of nitrogens with zero attached hydrogens (tertiary/aromatic N) is 1. The lowest BCUT2D eigenvalue weighted by molar-refractivity contribution is 0.0595. The lowest BCUT2D eigenvalue weighted by atomic mass is 10.1. The summed E-state index contributed by atoms with van der Waals surface area (Å²) in [6.07, 6.45) is 0. The van der Waals surface area contributed by atoms with Crippen LogP contribution in [-0.2, 0) is 4.74 Å². The maximum absolute atomic E-state index is 11.7. The third kappa shape index (κ3) is 2.58. The molecule has 0 bridgehead atoms. The van der Waals surface area contributed by atoms with Gasteiger partial charge in [0.25, 0.3) is 0 Å². The van der Waals surface area contributed by atoms with Gasteiger partial charge in [-0.15, -0.1) is 11.3 Å². The van der Waals surface area contributed by atoms with Crippen LogP contribution in [-0.4, -0.2) is 18.1 Å². The minimum Gasteiger partial charge on any atom is -0.464 e. The van der Waals surface area contributed by atoms with Gasteiger partial charge in [0, 0.05) is 15.1 Å². The van der Waals surface area contributed by atoms with Crippen molar-refractivity contribution in [2.75, 3.05) is 7.11 Å². The molecule has 1 heterocycles. The summed E-state index contributed by atoms with van der Waals surface area (Å²) in [4.78, 5) is 16.7. The fraction of sp³-hybridized carbons (Fsp3) is 0.167. The second kappa shape index (κ2) is 5.38. The number of hydrogen-bond donors (Lipinski definition) is 0. The summed E-state index contributed by atoms with van der Waals surface area (Å²) in [5, 5.41) is 1.44. The van der Waals surface area contributed by atoms with E-state index in [2.05, 4.69) is 20.9 Å². The number of hydrogen-bond acceptors (Lipinski definition) is 4. The number of thiazole rings is 1. The predicted octanol–water partition coefficient (Wildman–Crippen LogP) is 4.32. The summed E-state index contributed by atoms with van der Waals surface area (Å²) in [6, 6.07) is 5.41. The Morgan fingerprint density at radius 3 is 2.83 bits per heavy atom. The number of aromatic nitrogens is 1. The first-order valence-corrected chi connectivity index (χ1v) is 7.03. The van der Waals surface area contributed by atoms with Crippen LogP contribution in [0.5, 0.6) is 0 Å². The van der Waals surface area contributed by atoms with Gasteiger partial charge in [-0.3, -0.25) is 0 Å². The summed E-state index contributed by atoms with van der Waals surface area (Å²) < 4.78 is 5.56. The summed E-state index contributed by atoms with van der Waals surface area (Å²) in [5.74, 6) is -0.434. The van der Waals surface area contributed by atoms with E-state index in [0.29, 0.717) is 10.7 Å². The summed E-state index contributed by atoms with van der Waals surface area (Å²) in [5.41, 5.74) is 1.22. The predicted molar refractivity (Wildman–Crippen MR) is 76.3 cm³/mol. The van der Waals surface area contributed by atoms with Crippen molar-refractivity contribution >= 4 is 44.8 Å². The molecule has 1 aromatic carbocycles. The molecule has 0 fully saturated rings. The van der Waals surface area contributed by atoms with E-state index in [1.54, 1.807) is 12.1 Å². The average molecular weight is 347 g/mol. The summed E-state index contributed by atoms with van der Waals surface area (Å²) in [6.45, 7) is 1.85. The molecule has 0 aliphatic carbocycles. The molecule has 0 aliphatic heterocycles. The van der Waals surface area contributed by atoms with E-state index in [4.69, 9.17) is 16.3 Å². The SMILES string of the molecule is COC(=O)c1nc(C)sc1-c1ccc(Cl)cc1Br. The van der Waals surface area contributed by atoms with Crippen LogP contribution in [0.4, 0.5) is 0 Å². The standard InChI is InChI=1S/C12H9BrClNO2S/c1-6-15-10(12(16)17-2)11(18-6)8-4-3-7(14)5-9(8)13/h3-5H,1-2H3. The van der Waals surface area contributed by atoms with E-state index in [9.17, 15) is 4.79 Å². The molecule has 6 heteroatoms. The van der Waals surface area contributed by atoms with Crippen LogP contribution in [0.25, 0.3) is 10.4 Å². The normalized spacial score (nSPS) is 10.4. The molecule has 0 saturated heterocycles. The Morgan fingerprint density at radius 2 is 2.22 bits per heavy atom. The third-order valence-electron chi connectivity index (χ3n) is 2.29. The molecule has 1 aromatic heterocycles. The van der Waals surface area contributed by atoms with Crippen molar-refractivity contribution in [3.8, 4) is 10.4 Å². The van der Waals surface area contributed by atoms with Gasteiger partial charge in [-0.25, -0.2) is 9.78 Å². The number of carbonyl (C=O) groups excluding carboxylic acids is 1. The molecule has 0 spiro atoms. The summed E-state index contributed by atoms with van der Waals surface area (Å²) in [7, 11) is 1.34. The first kappa shape index (κ1) is 13.5. The molecule has 2 rings (SSSR count). The van der Waals surface area contributed by atoms with Crippen molar-refractivity contribution < 1.29 is 9.53 Å². The third-order valence-corrected chi connectivity index (χ3v) is 4.18. The number of esters is 1. The first-order valence-electron chi connectivity index (χ1n) is 5.04. The Morgan fingerprint density at radius 1 is 1.50 bits per heavy atom. The zero-order valence-electron chi connectivity index (χ0n) is 9.66. The molecule has 0 atom stereocenters. The van der Waals surface area contributed by atoms with Gasteiger partial charge in [-0.1, -0.05) is 33.6 Å². The van der Waals surface area contributed by atoms with Crippen LogP contribution in [0.15, 0.2) is 22.7 Å². The fourth-order valence-electron chi connectivity index (χ4n) is 1.52. The van der Waals surface area contributed by atoms with Gasteiger partial charge in [0.15, 0.2) is 5.69 Å². The number of halogens is 2. The minimum absolute atomic E-state index is 0.336. The van der Waals surface area contributed by atoms with Crippen LogP contribution >= 0.6 is 38.9 Å². The Bertz CT molecular complexity index is 612. The summed E-state index contributed by atoms with van der Waals surface area (Å²) >= 11 is 10.8. The Kier molecular flexibility index (Phi) is 4.04. The largest absolute Gasteiger partial charge is 0.464 e. The van der Waals surface area contributed by atoms with Gasteiger partial charge in [-0.2, -0.15) is 0 Å². The smallest absolute Gasteiger partial charge is 0.358 e. The molecule has 18 heavy (non-hydrogen) atoms. The van der Waals surface area contributed by atoms with Crippen molar-refractivity contribution in [1.82, 2.24) is 4.98 Å². The minimum atomic E-state index is -0.434. The maximum Gasteiger partial charge on any atom is 0.358 e. The highest BCUT2D eigenvalue weighted by Crippen LogP contribution is 2.36. The van der Waals surface area contributed by atoms with Crippen molar-refractivity contribution in [2.24, 2.45) is 0 Å². The van der Waals surface area contributed by atoms with Crippen LogP contribution < -0.4 is 0 Å². The molecule has 0 N–H and O–H groups in total. The molecular weight excluding hydrogens is 338 g/mol. The molecular formula is C12H9BrClNO2S. The van der Waals surface area contributed by atoms with Crippen LogP contribution in [0.3, 0.4) is 0 Å². The van der Waals surface area contributed by atoms with E-state index < -0.39 is 5.97 Å². The van der Waals surface area contributed by atoms with E-state index in [1.807, 2.05) is 13.0 Å². The zero-order valence-corrected chi connectivity index (χ0v) is 12.8. The van der Waals surface area contributed by atoms with Gasteiger partial charge < -0.3 is 4.74 Å². The number of carbonyl (C=O) groups is 1. The molecule has 2 aromatic rings. The van der Waals surface area contributed by atoms with Gasteiger partial charge in [0.1, 0.15) is 0 Å². The number of aryl methyl sites for hydroxylation is 1. The van der Waals surface area contributed by atoms with Crippen molar-refractivity contribution in [1.29, 1.82) is 0 Å². The van der Waals surface area contributed by atoms with Crippen LogP contribution in [0, 0.1) is 6.92 Å². The molecule has 0 unspecified atom stereocenters. The molecule has 0 radical (unpaired) electrons. The van der Waals surface area contributed by atoms with E-state index in [1.165, 1.54) is 18.4 Å². The van der Waals surface area contributed by atoms with Crippen molar-refractivity contribution in [3.05, 3.63) is 38.4 Å². The molecule has 3 nitrogen and oxygen atoms in total. The zero-order chi connectivity index (χ0) is 13.3. The van der Waals surface area contributed by atoms with Gasteiger partial charge in [0.05, 0.1) is 17.0 Å². The lowest BCUT2D eigenvalue weighted by Gasteiger charge is -2.04. The maximum atomic E-state index is 11.7. The second-order valence-electron chi connectivity index (χ2n) is 3.53. The second-order valence-corrected chi connectivity index (χ2v) is 6.02. The molecule has 94 valence electrons. The lowest BCUT2D eigenvalue weighted by Crippen LogP contribution is -2.03. The Labute approximate surface area is 122 Å². The van der Waals surface area contributed by atoms with Gasteiger partial charge in [0.2, 0.25) is 0 Å². The Hall–Kier alpha value is -0.910. The number of rotatable bonds is 2. The highest BCUT2D eigenvalue weighted by atomic mass is 79.9. The quantitative estimate of drug-likeness (QED) is 0.760. The molecule has 0 saturated carbocycles. The van der Waals surface area contributed by atoms with Crippen LogP contribution in [0.1, 0.15) is 15.5 Å². The average Bonchev–Trinajstić information content (AvgIpc) is 2.70. The fourth-order valence-corrected chi connectivity index (χ4v) is 3.48. The first-order chi connectivity index (χ1) is 8.52. The van der Waals surface area contributed by atoms with Crippen molar-refractivity contribution in [2.45, 2.75) is 6.92 Å². The number of methoxy groups -OCH3 is 1. The highest BCUT2D eigenvalue weighted by Gasteiger charge is 2.20. The topological polar surface area (TPSA) is 39.2 Å². The van der Waals surface area contributed by atoms with E-state index in [0.717, 1.165) is 19.9 Å². The van der Waals surface area contributed by atoms with E-state index >= 15 is 0 Å². The van der Waals surface area contributed by atoms with Gasteiger partial charge in [-0.05, 0) is 19.1 Å². The molecule has 0 aliphatic rings. The number of ether oxygens (including phenoxy) is 1. The van der Waals surface area contributed by atoms with Gasteiger partial charge >= 0.3 is 5.97 Å². The van der Waals surface area contributed by atoms with Crippen molar-refractivity contribution in [3.63, 3.8) is 0 Å².